The van der Waals surface area contributed by atoms with Crippen molar-refractivity contribution in [1.82, 2.24) is 0 Å². The molecule has 0 heterocycles. The highest BCUT2D eigenvalue weighted by Crippen LogP contribution is 2.03. The number of ketones is 1. The molecule has 0 fully saturated rings. The molecule has 3 nitrogen and oxygen atoms in total. The zero-order chi connectivity index (χ0) is 15.9. The fraction of sp³-hybridized carbons (Fsp3) is 0.0556. The Balaban J connectivity index is 0.000000286. The number of hydrogen-bond acceptors (Lipinski definition) is 3. The first-order valence-corrected chi connectivity index (χ1v) is 6.34. The van der Waals surface area contributed by atoms with Crippen molar-refractivity contribution < 1.29 is 15.0 Å². The second-order valence-corrected chi connectivity index (χ2v) is 3.88. The van der Waals surface area contributed by atoms with Gasteiger partial charge >= 0.3 is 0 Å². The van der Waals surface area contributed by atoms with Gasteiger partial charge in [0, 0.05) is 0 Å². The number of benzene rings is 2. The summed E-state index contributed by atoms with van der Waals surface area (Å²) in [6, 6.07) is 17.4. The predicted octanol–water partition coefficient (Wildman–Crippen LogP) is 4.10. The molecule has 110 valence electrons. The molecule has 0 radical (unpaired) electrons. The van der Waals surface area contributed by atoms with E-state index in [0.29, 0.717) is 11.5 Å². The molecule has 0 atom stereocenters. The minimum absolute atomic E-state index is 0.0555. The number of rotatable bonds is 2. The Morgan fingerprint density at radius 1 is 0.905 bits per heavy atom. The first-order chi connectivity index (χ1) is 10.1. The molecular weight excluding hydrogens is 264 g/mol. The summed E-state index contributed by atoms with van der Waals surface area (Å²) >= 11 is 0. The first kappa shape index (κ1) is 18.2. The summed E-state index contributed by atoms with van der Waals surface area (Å²) in [5.74, 6) is 0.699. The smallest absolute Gasteiger partial charge is 0.152 e. The van der Waals surface area contributed by atoms with Crippen LogP contribution in [0.2, 0.25) is 0 Å². The van der Waals surface area contributed by atoms with E-state index in [9.17, 15) is 4.79 Å². The van der Waals surface area contributed by atoms with Crippen molar-refractivity contribution in [2.24, 2.45) is 0 Å². The molecule has 0 aliphatic heterocycles. The van der Waals surface area contributed by atoms with Crippen LogP contribution in [0.3, 0.4) is 0 Å². The molecular formula is C18H20O3. The molecule has 21 heavy (non-hydrogen) atoms. The summed E-state index contributed by atoms with van der Waals surface area (Å²) < 4.78 is 0. The quantitative estimate of drug-likeness (QED) is 0.644. The van der Waals surface area contributed by atoms with E-state index in [4.69, 9.17) is 10.2 Å². The molecule has 2 aromatic rings. The van der Waals surface area contributed by atoms with Crippen LogP contribution in [-0.4, -0.2) is 16.0 Å². The van der Waals surface area contributed by atoms with E-state index in [0.717, 1.165) is 0 Å². The Hall–Kier alpha value is -2.81. The number of phenolic OH excluding ortho intramolecular Hbond substituents is 2. The summed E-state index contributed by atoms with van der Waals surface area (Å²) in [6.07, 6.45) is 4.65. The van der Waals surface area contributed by atoms with E-state index < -0.39 is 0 Å². The number of aromatic hydroxyl groups is 2. The fourth-order valence-corrected chi connectivity index (χ4v) is 1.06. The van der Waals surface area contributed by atoms with Crippen molar-refractivity contribution >= 4 is 5.78 Å². The number of hydrogen-bond donors (Lipinski definition) is 2. The van der Waals surface area contributed by atoms with E-state index in [2.05, 4.69) is 6.58 Å². The van der Waals surface area contributed by atoms with Crippen LogP contribution in [0.15, 0.2) is 85.5 Å². The molecule has 0 aromatic heterocycles. The standard InChI is InChI=1S/2C6H6O.C6H8O/c2*7-6-4-2-1-3-5-6;1-3-4-5-6(2)7/h2*1-5,7H;3-5H,1H2,2H3/b;;5-4+. The number of para-hydroxylation sites is 2. The SMILES string of the molecule is C=C/C=C/C(C)=O.Oc1ccccc1.Oc1ccccc1. The van der Waals surface area contributed by atoms with Crippen molar-refractivity contribution in [2.75, 3.05) is 0 Å². The van der Waals surface area contributed by atoms with Gasteiger partial charge in [0.2, 0.25) is 0 Å². The van der Waals surface area contributed by atoms with Crippen LogP contribution in [0.4, 0.5) is 0 Å². The van der Waals surface area contributed by atoms with Crippen LogP contribution < -0.4 is 0 Å². The summed E-state index contributed by atoms with van der Waals surface area (Å²) in [7, 11) is 0. The maximum absolute atomic E-state index is 10.1. The molecule has 2 rings (SSSR count). The van der Waals surface area contributed by atoms with Gasteiger partial charge in [-0.2, -0.15) is 0 Å². The lowest BCUT2D eigenvalue weighted by Crippen LogP contribution is -1.76. The molecule has 3 heteroatoms. The molecule has 0 unspecified atom stereocenters. The van der Waals surface area contributed by atoms with Gasteiger partial charge in [0.25, 0.3) is 0 Å². The highest BCUT2D eigenvalue weighted by atomic mass is 16.3. The molecule has 0 aliphatic rings. The van der Waals surface area contributed by atoms with Gasteiger partial charge in [-0.15, -0.1) is 0 Å². The first-order valence-electron chi connectivity index (χ1n) is 6.34. The molecule has 0 aliphatic carbocycles. The van der Waals surface area contributed by atoms with E-state index in [1.807, 2.05) is 12.1 Å². The van der Waals surface area contributed by atoms with Crippen LogP contribution in [0, 0.1) is 0 Å². The molecule has 0 spiro atoms. The number of carbonyl (C=O) groups is 1. The zero-order valence-corrected chi connectivity index (χ0v) is 12.0. The predicted molar refractivity (Wildman–Crippen MR) is 86.2 cm³/mol. The lowest BCUT2D eigenvalue weighted by Gasteiger charge is -1.82. The monoisotopic (exact) mass is 284 g/mol. The largest absolute Gasteiger partial charge is 0.508 e. The van der Waals surface area contributed by atoms with Gasteiger partial charge in [0.05, 0.1) is 0 Å². The third kappa shape index (κ3) is 13.4. The highest BCUT2D eigenvalue weighted by molar-refractivity contribution is 5.87. The van der Waals surface area contributed by atoms with Gasteiger partial charge in [-0.05, 0) is 37.3 Å². The lowest BCUT2D eigenvalue weighted by atomic mass is 10.3. The normalized spacial score (nSPS) is 8.81. The van der Waals surface area contributed by atoms with Gasteiger partial charge in [-0.25, -0.2) is 0 Å². The van der Waals surface area contributed by atoms with Gasteiger partial charge in [0.1, 0.15) is 11.5 Å². The van der Waals surface area contributed by atoms with Crippen molar-refractivity contribution in [3.05, 3.63) is 85.5 Å². The highest BCUT2D eigenvalue weighted by Gasteiger charge is 1.75. The summed E-state index contributed by atoms with van der Waals surface area (Å²) in [5, 5.41) is 17.3. The number of phenols is 2. The van der Waals surface area contributed by atoms with Crippen molar-refractivity contribution in [1.29, 1.82) is 0 Å². The molecule has 0 saturated heterocycles. The van der Waals surface area contributed by atoms with Crippen LogP contribution in [0.1, 0.15) is 6.92 Å². The molecule has 0 bridgehead atoms. The van der Waals surface area contributed by atoms with Crippen LogP contribution in [-0.2, 0) is 4.79 Å². The number of allylic oxidation sites excluding steroid dienone is 3. The third-order valence-electron chi connectivity index (χ3n) is 1.98. The summed E-state index contributed by atoms with van der Waals surface area (Å²) in [6.45, 7) is 4.89. The topological polar surface area (TPSA) is 57.5 Å². The average Bonchev–Trinajstić information content (AvgIpc) is 2.48. The lowest BCUT2D eigenvalue weighted by molar-refractivity contribution is -0.112. The van der Waals surface area contributed by atoms with Crippen molar-refractivity contribution in [3.63, 3.8) is 0 Å². The Morgan fingerprint density at radius 3 is 1.43 bits per heavy atom. The maximum Gasteiger partial charge on any atom is 0.152 e. The summed E-state index contributed by atoms with van der Waals surface area (Å²) in [5.41, 5.74) is 0. The third-order valence-corrected chi connectivity index (χ3v) is 1.98. The van der Waals surface area contributed by atoms with Crippen LogP contribution in [0.25, 0.3) is 0 Å². The summed E-state index contributed by atoms with van der Waals surface area (Å²) in [4.78, 5) is 10.1. The number of carbonyl (C=O) groups excluding carboxylic acids is 1. The second kappa shape index (κ2) is 12.2. The molecule has 2 aromatic carbocycles. The van der Waals surface area contributed by atoms with E-state index in [1.165, 1.54) is 13.0 Å². The van der Waals surface area contributed by atoms with Gasteiger partial charge in [-0.1, -0.05) is 55.1 Å². The van der Waals surface area contributed by atoms with Gasteiger partial charge < -0.3 is 10.2 Å². The van der Waals surface area contributed by atoms with E-state index in [-0.39, 0.29) is 5.78 Å². The Kier molecular flexibility index (Phi) is 10.6. The van der Waals surface area contributed by atoms with Crippen molar-refractivity contribution in [3.8, 4) is 11.5 Å². The van der Waals surface area contributed by atoms with E-state index in [1.54, 1.807) is 60.7 Å². The average molecular weight is 284 g/mol. The zero-order valence-electron chi connectivity index (χ0n) is 12.0. The molecule has 0 saturated carbocycles. The minimum atomic E-state index is 0.0555. The minimum Gasteiger partial charge on any atom is -0.508 e. The molecule has 0 amide bonds. The fourth-order valence-electron chi connectivity index (χ4n) is 1.06. The van der Waals surface area contributed by atoms with E-state index >= 15 is 0 Å². The van der Waals surface area contributed by atoms with Gasteiger partial charge in [-0.3, -0.25) is 4.79 Å². The Morgan fingerprint density at radius 2 is 1.29 bits per heavy atom. The van der Waals surface area contributed by atoms with Crippen LogP contribution in [0.5, 0.6) is 11.5 Å². The van der Waals surface area contributed by atoms with Crippen LogP contribution >= 0.6 is 0 Å². The van der Waals surface area contributed by atoms with Gasteiger partial charge in [0.15, 0.2) is 5.78 Å². The molecule has 2 N–H and O–H groups in total. The maximum atomic E-state index is 10.1. The Bertz CT molecular complexity index is 493. The second-order valence-electron chi connectivity index (χ2n) is 3.88. The van der Waals surface area contributed by atoms with Crippen molar-refractivity contribution in [2.45, 2.75) is 6.92 Å². The Labute approximate surface area is 125 Å².